The summed E-state index contributed by atoms with van der Waals surface area (Å²) in [6.07, 6.45) is 5.23. The third-order valence-electron chi connectivity index (χ3n) is 4.19. The van der Waals surface area contributed by atoms with E-state index in [-0.39, 0.29) is 0 Å². The Balaban J connectivity index is 1.58. The van der Waals surface area contributed by atoms with Crippen molar-refractivity contribution < 1.29 is 0 Å². The summed E-state index contributed by atoms with van der Waals surface area (Å²) < 4.78 is 1.81. The van der Waals surface area contributed by atoms with Gasteiger partial charge in [0.15, 0.2) is 0 Å². The minimum Gasteiger partial charge on any atom is -0.317 e. The molecule has 0 saturated heterocycles. The van der Waals surface area contributed by atoms with Gasteiger partial charge in [-0.1, -0.05) is 36.4 Å². The van der Waals surface area contributed by atoms with Crippen LogP contribution in [0, 0.1) is 5.92 Å². The monoisotopic (exact) mass is 303 g/mol. The Morgan fingerprint density at radius 2 is 2.14 bits per heavy atom. The lowest BCUT2D eigenvalue weighted by molar-refractivity contribution is 0.417. The van der Waals surface area contributed by atoms with E-state index >= 15 is 0 Å². The van der Waals surface area contributed by atoms with Gasteiger partial charge >= 0.3 is 0 Å². The summed E-state index contributed by atoms with van der Waals surface area (Å²) in [4.78, 5) is 0. The maximum Gasteiger partial charge on any atom is 0.214 e. The topological polar surface area (TPSA) is 55.6 Å². The van der Waals surface area contributed by atoms with Gasteiger partial charge in [0.25, 0.3) is 0 Å². The molecule has 0 spiro atoms. The van der Waals surface area contributed by atoms with Crippen LogP contribution in [0.4, 0.5) is 0 Å². The molecule has 0 bridgehead atoms. The summed E-state index contributed by atoms with van der Waals surface area (Å²) >= 11 is 1.75. The van der Waals surface area contributed by atoms with E-state index in [9.17, 15) is 0 Å². The van der Waals surface area contributed by atoms with Gasteiger partial charge in [0.05, 0.1) is 5.69 Å². The van der Waals surface area contributed by atoms with Gasteiger partial charge in [-0.2, -0.15) is 4.68 Å². The van der Waals surface area contributed by atoms with Crippen molar-refractivity contribution in [3.8, 4) is 5.69 Å². The van der Waals surface area contributed by atoms with Crippen LogP contribution in [-0.4, -0.2) is 39.0 Å². The normalized spacial score (nSPS) is 21.8. The van der Waals surface area contributed by atoms with E-state index in [2.05, 4.69) is 27.9 Å². The molecule has 21 heavy (non-hydrogen) atoms. The van der Waals surface area contributed by atoms with Crippen LogP contribution in [0.2, 0.25) is 0 Å². The highest BCUT2D eigenvalue weighted by molar-refractivity contribution is 7.99. The molecule has 1 aliphatic carbocycles. The van der Waals surface area contributed by atoms with E-state index in [1.165, 1.54) is 25.7 Å². The number of hydrogen-bond donors (Lipinski definition) is 1. The average molecular weight is 303 g/mol. The Labute approximate surface area is 129 Å². The van der Waals surface area contributed by atoms with Crippen molar-refractivity contribution in [1.29, 1.82) is 0 Å². The molecule has 5 nitrogen and oxygen atoms in total. The molecule has 0 amide bonds. The number of thioether (sulfide) groups is 1. The van der Waals surface area contributed by atoms with Gasteiger partial charge in [-0.25, -0.2) is 0 Å². The van der Waals surface area contributed by atoms with Crippen LogP contribution in [0.5, 0.6) is 0 Å². The van der Waals surface area contributed by atoms with E-state index in [4.69, 9.17) is 0 Å². The van der Waals surface area contributed by atoms with Crippen LogP contribution in [0.15, 0.2) is 35.5 Å². The molecule has 1 heterocycles. The fraction of sp³-hybridized carbons (Fsp3) is 0.533. The predicted molar refractivity (Wildman–Crippen MR) is 84.7 cm³/mol. The van der Waals surface area contributed by atoms with Gasteiger partial charge in [-0.05, 0) is 54.8 Å². The minimum absolute atomic E-state index is 0.690. The fourth-order valence-electron chi connectivity index (χ4n) is 3.06. The highest BCUT2D eigenvalue weighted by Crippen LogP contribution is 2.30. The SMILES string of the molecule is CNC1CCCC1CCSc1nnnn1-c1ccccc1. The highest BCUT2D eigenvalue weighted by atomic mass is 32.2. The van der Waals surface area contributed by atoms with E-state index in [1.54, 1.807) is 11.8 Å². The molecule has 2 atom stereocenters. The minimum atomic E-state index is 0.690. The number of rotatable bonds is 6. The van der Waals surface area contributed by atoms with Crippen LogP contribution in [-0.2, 0) is 0 Å². The molecular weight excluding hydrogens is 282 g/mol. The highest BCUT2D eigenvalue weighted by Gasteiger charge is 2.25. The summed E-state index contributed by atoms with van der Waals surface area (Å²) in [5.74, 6) is 1.86. The summed E-state index contributed by atoms with van der Waals surface area (Å²) in [5, 5.41) is 16.4. The number of nitrogens with one attached hydrogen (secondary N) is 1. The molecule has 0 radical (unpaired) electrons. The number of tetrazole rings is 1. The Morgan fingerprint density at radius 3 is 2.95 bits per heavy atom. The van der Waals surface area contributed by atoms with Gasteiger partial charge in [0.1, 0.15) is 0 Å². The molecule has 1 fully saturated rings. The zero-order chi connectivity index (χ0) is 14.5. The van der Waals surface area contributed by atoms with Crippen molar-refractivity contribution in [2.24, 2.45) is 5.92 Å². The van der Waals surface area contributed by atoms with Gasteiger partial charge in [0.2, 0.25) is 5.16 Å². The Kier molecular flexibility index (Phi) is 4.87. The second kappa shape index (κ2) is 7.04. The van der Waals surface area contributed by atoms with Crippen molar-refractivity contribution >= 4 is 11.8 Å². The van der Waals surface area contributed by atoms with Crippen molar-refractivity contribution in [2.75, 3.05) is 12.8 Å². The lowest BCUT2D eigenvalue weighted by atomic mass is 10.0. The first-order valence-corrected chi connectivity index (χ1v) is 8.51. The van der Waals surface area contributed by atoms with Gasteiger partial charge in [0, 0.05) is 11.8 Å². The zero-order valence-corrected chi connectivity index (χ0v) is 13.1. The third-order valence-corrected chi connectivity index (χ3v) is 5.14. The molecular formula is C15H21N5S. The van der Waals surface area contributed by atoms with Crippen molar-refractivity contribution in [3.05, 3.63) is 30.3 Å². The molecule has 1 saturated carbocycles. The molecule has 112 valence electrons. The smallest absolute Gasteiger partial charge is 0.214 e. The third kappa shape index (κ3) is 3.44. The number of nitrogens with zero attached hydrogens (tertiary/aromatic N) is 4. The first-order valence-electron chi connectivity index (χ1n) is 7.52. The van der Waals surface area contributed by atoms with E-state index in [1.807, 2.05) is 35.0 Å². The standard InChI is InChI=1S/C15H21N5S/c1-16-14-9-5-6-12(14)10-11-21-15-17-18-19-20(15)13-7-3-2-4-8-13/h2-4,7-8,12,14,16H,5-6,9-11H2,1H3. The second-order valence-electron chi connectivity index (χ2n) is 5.43. The van der Waals surface area contributed by atoms with Crippen LogP contribution in [0.25, 0.3) is 5.69 Å². The lowest BCUT2D eigenvalue weighted by Crippen LogP contribution is -2.29. The Morgan fingerprint density at radius 1 is 1.29 bits per heavy atom. The zero-order valence-electron chi connectivity index (χ0n) is 12.3. The maximum absolute atomic E-state index is 4.15. The largest absolute Gasteiger partial charge is 0.317 e. The van der Waals surface area contributed by atoms with E-state index in [0.29, 0.717) is 6.04 Å². The van der Waals surface area contributed by atoms with E-state index in [0.717, 1.165) is 22.5 Å². The summed E-state index contributed by atoms with van der Waals surface area (Å²) in [5.41, 5.74) is 1.01. The number of para-hydroxylation sites is 1. The summed E-state index contributed by atoms with van der Waals surface area (Å²) in [6.45, 7) is 0. The van der Waals surface area contributed by atoms with Crippen LogP contribution in [0.3, 0.4) is 0 Å². The molecule has 1 aromatic carbocycles. The molecule has 1 aliphatic rings. The Hall–Kier alpha value is -1.40. The molecule has 2 aromatic rings. The van der Waals surface area contributed by atoms with Gasteiger partial charge < -0.3 is 5.32 Å². The molecule has 2 unspecified atom stereocenters. The molecule has 0 aliphatic heterocycles. The summed E-state index contributed by atoms with van der Waals surface area (Å²) in [7, 11) is 2.08. The molecule has 1 N–H and O–H groups in total. The van der Waals surface area contributed by atoms with Gasteiger partial charge in [-0.15, -0.1) is 5.10 Å². The van der Waals surface area contributed by atoms with Crippen LogP contribution < -0.4 is 5.32 Å². The number of aromatic nitrogens is 4. The quantitative estimate of drug-likeness (QED) is 0.831. The van der Waals surface area contributed by atoms with Crippen molar-refractivity contribution in [1.82, 2.24) is 25.5 Å². The fourth-order valence-corrected chi connectivity index (χ4v) is 4.03. The predicted octanol–water partition coefficient (Wildman–Crippen LogP) is 2.53. The summed E-state index contributed by atoms with van der Waals surface area (Å²) in [6, 6.07) is 10.7. The first-order chi connectivity index (χ1) is 10.4. The van der Waals surface area contributed by atoms with Crippen molar-refractivity contribution in [2.45, 2.75) is 36.9 Å². The maximum atomic E-state index is 4.15. The van der Waals surface area contributed by atoms with Gasteiger partial charge in [-0.3, -0.25) is 0 Å². The van der Waals surface area contributed by atoms with Crippen LogP contribution >= 0.6 is 11.8 Å². The second-order valence-corrected chi connectivity index (χ2v) is 6.49. The molecule has 1 aromatic heterocycles. The average Bonchev–Trinajstić information content (AvgIpc) is 3.17. The Bertz CT molecular complexity index is 556. The first kappa shape index (κ1) is 14.5. The van der Waals surface area contributed by atoms with Crippen LogP contribution in [0.1, 0.15) is 25.7 Å². The number of hydrogen-bond acceptors (Lipinski definition) is 5. The van der Waals surface area contributed by atoms with E-state index < -0.39 is 0 Å². The number of benzene rings is 1. The molecule has 3 rings (SSSR count). The van der Waals surface area contributed by atoms with Crippen molar-refractivity contribution in [3.63, 3.8) is 0 Å². The molecule has 6 heteroatoms. The lowest BCUT2D eigenvalue weighted by Gasteiger charge is -2.18.